The van der Waals surface area contributed by atoms with Crippen molar-refractivity contribution in [3.63, 3.8) is 0 Å². The van der Waals surface area contributed by atoms with Crippen LogP contribution >= 0.6 is 0 Å². The number of ether oxygens (including phenoxy) is 1. The maximum Gasteiger partial charge on any atom is 0.335 e. The normalized spacial score (nSPS) is 11.1. The number of hydrogen-bond acceptors (Lipinski definition) is 6. The lowest BCUT2D eigenvalue weighted by Gasteiger charge is -2.16. The van der Waals surface area contributed by atoms with Gasteiger partial charge in [0.2, 0.25) is 0 Å². The Hall–Kier alpha value is -5.79. The predicted octanol–water partition coefficient (Wildman–Crippen LogP) is 4.64. The van der Waals surface area contributed by atoms with Gasteiger partial charge in [0, 0.05) is 44.2 Å². The van der Waals surface area contributed by atoms with Gasteiger partial charge in [-0.25, -0.2) is 27.5 Å². The molecule has 2 aromatic carbocycles. The smallest absolute Gasteiger partial charge is 0.335 e. The third-order valence-corrected chi connectivity index (χ3v) is 6.54. The van der Waals surface area contributed by atoms with Crippen molar-refractivity contribution >= 4 is 28.8 Å². The molecule has 0 aliphatic heterocycles. The molecular formula is C30H27F2N7O5. The van der Waals surface area contributed by atoms with Crippen LogP contribution in [0.4, 0.5) is 25.0 Å². The molecule has 2 N–H and O–H groups in total. The summed E-state index contributed by atoms with van der Waals surface area (Å²) in [5.41, 5.74) is -1.08. The van der Waals surface area contributed by atoms with E-state index in [1.807, 2.05) is 0 Å². The molecule has 5 aromatic rings. The molecule has 0 atom stereocenters. The van der Waals surface area contributed by atoms with E-state index in [4.69, 9.17) is 4.74 Å². The number of rotatable bonds is 7. The van der Waals surface area contributed by atoms with Crippen LogP contribution in [-0.4, -0.2) is 49.7 Å². The van der Waals surface area contributed by atoms with Crippen molar-refractivity contribution in [1.82, 2.24) is 23.6 Å². The van der Waals surface area contributed by atoms with Crippen LogP contribution in [0.1, 0.15) is 30.2 Å². The lowest BCUT2D eigenvalue weighted by molar-refractivity contribution is 0.102. The minimum atomic E-state index is -0.928. The minimum Gasteiger partial charge on any atom is -0.452 e. The van der Waals surface area contributed by atoms with Gasteiger partial charge in [0.25, 0.3) is 11.5 Å². The number of carbonyl (C=O) groups excluding carboxylic acids is 2. The van der Waals surface area contributed by atoms with Gasteiger partial charge in [0.05, 0.1) is 23.8 Å². The van der Waals surface area contributed by atoms with Crippen LogP contribution < -0.4 is 26.6 Å². The van der Waals surface area contributed by atoms with Gasteiger partial charge in [0.1, 0.15) is 16.9 Å². The third kappa shape index (κ3) is 5.90. The van der Waals surface area contributed by atoms with E-state index in [1.54, 1.807) is 40.2 Å². The Morgan fingerprint density at radius 3 is 2.30 bits per heavy atom. The fourth-order valence-electron chi connectivity index (χ4n) is 4.28. The van der Waals surface area contributed by atoms with Gasteiger partial charge in [-0.3, -0.25) is 14.2 Å². The van der Waals surface area contributed by atoms with Crippen LogP contribution in [0.25, 0.3) is 11.2 Å². The standard InChI is InChI=1S/C30H27F2N7O5/c1-17(2)37-16-22(28(41)39(30(37)43)21-8-5-18(31)6-9-21)27(40)34-19-7-10-25(23(32)13-19)44-26-14-20(35-29(42)36(3)4)15-38-24(26)11-12-33-38/h5-17H,1-4H3,(H,34,40)(H,35,42). The molecule has 226 valence electrons. The quantitative estimate of drug-likeness (QED) is 0.279. The average Bonchev–Trinajstić information content (AvgIpc) is 3.44. The molecule has 0 bridgehead atoms. The Balaban J connectivity index is 1.43. The van der Waals surface area contributed by atoms with Crippen molar-refractivity contribution in [1.29, 1.82) is 0 Å². The highest BCUT2D eigenvalue weighted by atomic mass is 19.1. The zero-order chi connectivity index (χ0) is 31.7. The molecule has 5 rings (SSSR count). The highest BCUT2D eigenvalue weighted by Crippen LogP contribution is 2.32. The molecule has 3 heterocycles. The first-order valence-corrected chi connectivity index (χ1v) is 13.3. The molecule has 0 fully saturated rings. The van der Waals surface area contributed by atoms with E-state index in [9.17, 15) is 23.6 Å². The van der Waals surface area contributed by atoms with Crippen molar-refractivity contribution in [3.8, 4) is 17.2 Å². The first-order valence-electron chi connectivity index (χ1n) is 13.3. The van der Waals surface area contributed by atoms with Crippen LogP contribution in [0.5, 0.6) is 11.5 Å². The third-order valence-electron chi connectivity index (χ3n) is 6.54. The molecule has 14 heteroatoms. The molecule has 12 nitrogen and oxygen atoms in total. The molecule has 3 amide bonds. The summed E-state index contributed by atoms with van der Waals surface area (Å²) < 4.78 is 38.0. The number of pyridine rings is 1. The van der Waals surface area contributed by atoms with E-state index in [0.717, 1.165) is 29.0 Å². The molecule has 3 aromatic heterocycles. The summed E-state index contributed by atoms with van der Waals surface area (Å²) in [7, 11) is 3.16. The SMILES string of the molecule is CC(C)n1cc(C(=O)Nc2ccc(Oc3cc(NC(=O)N(C)C)cn4nccc34)c(F)c2)c(=O)n(-c2ccc(F)cc2)c1=O. The monoisotopic (exact) mass is 603 g/mol. The summed E-state index contributed by atoms with van der Waals surface area (Å²) in [6, 6.07) is 10.7. The van der Waals surface area contributed by atoms with Crippen molar-refractivity contribution in [2.75, 3.05) is 24.7 Å². The zero-order valence-electron chi connectivity index (χ0n) is 24.0. The number of nitrogens with zero attached hydrogens (tertiary/aromatic N) is 5. The lowest BCUT2D eigenvalue weighted by atomic mass is 10.2. The fraction of sp³-hybridized carbons (Fsp3) is 0.167. The number of anilines is 2. The molecule has 0 radical (unpaired) electrons. The predicted molar refractivity (Wildman–Crippen MR) is 159 cm³/mol. The Morgan fingerprint density at radius 1 is 0.909 bits per heavy atom. The van der Waals surface area contributed by atoms with E-state index >= 15 is 4.39 Å². The Labute approximate surface area is 248 Å². The maximum atomic E-state index is 15.2. The highest BCUT2D eigenvalue weighted by molar-refractivity contribution is 6.04. The second kappa shape index (κ2) is 11.8. The lowest BCUT2D eigenvalue weighted by Crippen LogP contribution is -2.42. The molecule has 0 spiro atoms. The summed E-state index contributed by atoms with van der Waals surface area (Å²) in [5.74, 6) is -2.27. The molecule has 0 aliphatic rings. The van der Waals surface area contributed by atoms with Crippen LogP contribution in [0.2, 0.25) is 0 Å². The van der Waals surface area contributed by atoms with E-state index in [1.165, 1.54) is 50.5 Å². The largest absolute Gasteiger partial charge is 0.452 e. The number of hydrogen-bond donors (Lipinski definition) is 2. The fourth-order valence-corrected chi connectivity index (χ4v) is 4.28. The Kier molecular flexibility index (Phi) is 7.99. The van der Waals surface area contributed by atoms with Gasteiger partial charge in [-0.05, 0) is 56.3 Å². The second-order valence-corrected chi connectivity index (χ2v) is 10.2. The maximum absolute atomic E-state index is 15.2. The van der Waals surface area contributed by atoms with E-state index in [0.29, 0.717) is 11.2 Å². The van der Waals surface area contributed by atoms with Crippen molar-refractivity contribution < 1.29 is 23.1 Å². The van der Waals surface area contributed by atoms with E-state index < -0.39 is 34.8 Å². The van der Waals surface area contributed by atoms with Gasteiger partial charge < -0.3 is 20.3 Å². The average molecular weight is 604 g/mol. The number of amides is 3. The van der Waals surface area contributed by atoms with Gasteiger partial charge in [-0.2, -0.15) is 5.10 Å². The number of benzene rings is 2. The van der Waals surface area contributed by atoms with Crippen molar-refractivity contribution in [3.05, 3.63) is 111 Å². The van der Waals surface area contributed by atoms with E-state index in [2.05, 4.69) is 15.7 Å². The summed E-state index contributed by atoms with van der Waals surface area (Å²) in [4.78, 5) is 53.1. The van der Waals surface area contributed by atoms with Crippen molar-refractivity contribution in [2.24, 2.45) is 0 Å². The Morgan fingerprint density at radius 2 is 1.64 bits per heavy atom. The van der Waals surface area contributed by atoms with Crippen LogP contribution in [-0.2, 0) is 0 Å². The first kappa shape index (κ1) is 29.7. The van der Waals surface area contributed by atoms with Crippen LogP contribution in [0, 0.1) is 11.6 Å². The summed E-state index contributed by atoms with van der Waals surface area (Å²) in [6.45, 7) is 3.39. The number of aromatic nitrogens is 4. The van der Waals surface area contributed by atoms with Crippen LogP contribution in [0.3, 0.4) is 0 Å². The molecule has 0 saturated carbocycles. The number of nitrogens with one attached hydrogen (secondary N) is 2. The molecular weight excluding hydrogens is 576 g/mol. The first-order chi connectivity index (χ1) is 20.9. The number of carbonyl (C=O) groups is 2. The highest BCUT2D eigenvalue weighted by Gasteiger charge is 2.21. The summed E-state index contributed by atoms with van der Waals surface area (Å²) in [5, 5.41) is 9.32. The van der Waals surface area contributed by atoms with Gasteiger partial charge in [0.15, 0.2) is 17.3 Å². The van der Waals surface area contributed by atoms with Crippen molar-refractivity contribution in [2.45, 2.75) is 19.9 Å². The molecule has 0 unspecified atom stereocenters. The summed E-state index contributed by atoms with van der Waals surface area (Å²) >= 11 is 0. The number of urea groups is 1. The van der Waals surface area contributed by atoms with Gasteiger partial charge in [-0.15, -0.1) is 0 Å². The number of fused-ring (bicyclic) bond motifs is 1. The van der Waals surface area contributed by atoms with E-state index in [-0.39, 0.29) is 34.5 Å². The van der Waals surface area contributed by atoms with Gasteiger partial charge >= 0.3 is 11.7 Å². The molecule has 0 saturated heterocycles. The zero-order valence-corrected chi connectivity index (χ0v) is 24.0. The number of halogens is 2. The minimum absolute atomic E-state index is 0.0105. The van der Waals surface area contributed by atoms with Crippen LogP contribution in [0.15, 0.2) is 82.8 Å². The second-order valence-electron chi connectivity index (χ2n) is 10.2. The molecule has 44 heavy (non-hydrogen) atoms. The topological polar surface area (TPSA) is 132 Å². The van der Waals surface area contributed by atoms with Gasteiger partial charge in [-0.1, -0.05) is 0 Å². The molecule has 0 aliphatic carbocycles. The summed E-state index contributed by atoms with van der Waals surface area (Å²) in [6.07, 6.45) is 4.23. The Bertz CT molecular complexity index is 2010.